The molecule has 1 rings (SSSR count). The first-order valence-electron chi connectivity index (χ1n) is 19.4. The van der Waals surface area contributed by atoms with Gasteiger partial charge < -0.3 is 84.8 Å². The molecule has 1 aliphatic heterocycles. The number of nitrogens with one attached hydrogen (secondary N) is 2. The van der Waals surface area contributed by atoms with Crippen LogP contribution in [-0.4, -0.2) is 197 Å². The molecule has 0 spiro atoms. The minimum Gasteiger partial charge on any atom is -0.462 e. The average molecular weight is 883 g/mol. The number of aliphatic hydroxyl groups excluding tert-OH is 8. The van der Waals surface area contributed by atoms with Gasteiger partial charge in [0.1, 0.15) is 55.9 Å². The molecule has 0 aromatic rings. The predicted molar refractivity (Wildman–Crippen MR) is 198 cm³/mol. The van der Waals surface area contributed by atoms with E-state index in [1.165, 1.54) is 0 Å². The van der Waals surface area contributed by atoms with E-state index in [9.17, 15) is 64.4 Å². The van der Waals surface area contributed by atoms with Gasteiger partial charge in [-0.2, -0.15) is 0 Å². The van der Waals surface area contributed by atoms with Crippen LogP contribution < -0.4 is 10.6 Å². The molecule has 1 heterocycles. The molecule has 59 heavy (non-hydrogen) atoms. The van der Waals surface area contributed by atoms with E-state index in [1.54, 1.807) is 0 Å². The number of esters is 2. The Morgan fingerprint density at radius 3 is 2.02 bits per heavy atom. The molecule has 11 N–H and O–H groups in total. The Labute approximate surface area is 341 Å². The van der Waals surface area contributed by atoms with E-state index in [2.05, 4.69) is 10.6 Å². The number of alkyl carbamates (subject to hydrolysis) is 1. The summed E-state index contributed by atoms with van der Waals surface area (Å²) in [5, 5.41) is 83.8. The van der Waals surface area contributed by atoms with Crippen molar-refractivity contribution in [3.63, 3.8) is 0 Å². The first-order valence-corrected chi connectivity index (χ1v) is 20.8. The molecule has 2 amide bonds. The molecule has 346 valence electrons. The SMILES string of the molecule is CCCCCC(=O)OCC(COP(=O)(O)OCCNC(=O)OCCOCCNC(=O)[C@@H](O[C@H]1O[C@H](CO)[C@@H](O)[C@H](O)[C@@H]1O)[C@@H](O)[C@H](O)[C@H](O)CO)OC(=O)CCCCC. The number of phosphoric acid groups is 1. The molecule has 0 radical (unpaired) electrons. The van der Waals surface area contributed by atoms with Crippen molar-refractivity contribution in [1.29, 1.82) is 0 Å². The van der Waals surface area contributed by atoms with Crippen molar-refractivity contribution in [2.75, 3.05) is 65.9 Å². The Balaban J connectivity index is 2.48. The van der Waals surface area contributed by atoms with Crippen LogP contribution in [0.3, 0.4) is 0 Å². The molecule has 0 aliphatic carbocycles. The lowest BCUT2D eigenvalue weighted by Gasteiger charge is -2.41. The van der Waals surface area contributed by atoms with Gasteiger partial charge in [-0.15, -0.1) is 0 Å². The summed E-state index contributed by atoms with van der Waals surface area (Å²) in [7, 11) is -4.71. The second kappa shape index (κ2) is 30.4. The number of unbranched alkanes of at least 4 members (excludes halogenated alkanes) is 4. The number of hydrogen-bond acceptors (Lipinski definition) is 21. The lowest BCUT2D eigenvalue weighted by atomic mass is 9.98. The van der Waals surface area contributed by atoms with E-state index in [0.717, 1.165) is 25.7 Å². The van der Waals surface area contributed by atoms with Crippen LogP contribution in [0.2, 0.25) is 0 Å². The predicted octanol–water partition coefficient (Wildman–Crippen LogP) is -3.15. The van der Waals surface area contributed by atoms with Gasteiger partial charge in [-0.3, -0.25) is 23.4 Å². The minimum atomic E-state index is -4.71. The number of aliphatic hydroxyl groups is 8. The summed E-state index contributed by atoms with van der Waals surface area (Å²) >= 11 is 0. The third-order valence-electron chi connectivity index (χ3n) is 8.38. The number of ether oxygens (including phenoxy) is 6. The number of carbonyl (C=O) groups excluding carboxylic acids is 4. The highest BCUT2D eigenvalue weighted by atomic mass is 31.2. The van der Waals surface area contributed by atoms with Crippen LogP contribution >= 0.6 is 7.82 Å². The van der Waals surface area contributed by atoms with E-state index >= 15 is 0 Å². The van der Waals surface area contributed by atoms with Crippen LogP contribution in [0, 0.1) is 0 Å². The van der Waals surface area contributed by atoms with E-state index in [1.807, 2.05) is 13.8 Å². The molecule has 0 bridgehead atoms. The van der Waals surface area contributed by atoms with Crippen LogP contribution in [0.15, 0.2) is 0 Å². The Hall–Kier alpha value is -2.65. The van der Waals surface area contributed by atoms with E-state index in [-0.39, 0.29) is 45.8 Å². The Bertz CT molecular complexity index is 1250. The molecule has 0 aromatic carbocycles. The summed E-state index contributed by atoms with van der Waals surface area (Å²) < 4.78 is 53.2. The van der Waals surface area contributed by atoms with Gasteiger partial charge in [0.25, 0.3) is 5.91 Å². The fourth-order valence-corrected chi connectivity index (χ4v) is 5.77. The van der Waals surface area contributed by atoms with Crippen LogP contribution in [0.25, 0.3) is 0 Å². The number of carbonyl (C=O) groups is 4. The number of rotatable bonds is 32. The average Bonchev–Trinajstić information content (AvgIpc) is 3.21. The summed E-state index contributed by atoms with van der Waals surface area (Å²) in [5.41, 5.74) is 0. The monoisotopic (exact) mass is 882 g/mol. The summed E-state index contributed by atoms with van der Waals surface area (Å²) in [5.74, 6) is -2.25. The van der Waals surface area contributed by atoms with Gasteiger partial charge in [-0.05, 0) is 12.8 Å². The van der Waals surface area contributed by atoms with Crippen molar-refractivity contribution in [1.82, 2.24) is 10.6 Å². The van der Waals surface area contributed by atoms with Gasteiger partial charge in [-0.25, -0.2) is 9.36 Å². The highest BCUT2D eigenvalue weighted by molar-refractivity contribution is 7.47. The fraction of sp³-hybridized carbons (Fsp3) is 0.882. The summed E-state index contributed by atoms with van der Waals surface area (Å²) in [6.45, 7) is -0.688. The van der Waals surface area contributed by atoms with Crippen molar-refractivity contribution >= 4 is 31.8 Å². The maximum absolute atomic E-state index is 12.9. The first-order chi connectivity index (χ1) is 28.0. The van der Waals surface area contributed by atoms with E-state index in [0.29, 0.717) is 12.8 Å². The van der Waals surface area contributed by atoms with Gasteiger partial charge in [0.05, 0.1) is 39.6 Å². The second-order valence-electron chi connectivity index (χ2n) is 13.3. The van der Waals surface area contributed by atoms with Crippen LogP contribution in [0.5, 0.6) is 0 Å². The van der Waals surface area contributed by atoms with Gasteiger partial charge in [0, 0.05) is 25.9 Å². The Kier molecular flexibility index (Phi) is 28.0. The Morgan fingerprint density at radius 2 is 1.39 bits per heavy atom. The topological polar surface area (TPSA) is 365 Å². The van der Waals surface area contributed by atoms with Crippen LogP contribution in [0.4, 0.5) is 4.79 Å². The second-order valence-corrected chi connectivity index (χ2v) is 14.7. The highest BCUT2D eigenvalue weighted by Crippen LogP contribution is 2.43. The zero-order chi connectivity index (χ0) is 44.4. The number of hydrogen-bond donors (Lipinski definition) is 11. The van der Waals surface area contributed by atoms with Crippen molar-refractivity contribution < 1.29 is 107 Å². The van der Waals surface area contributed by atoms with Gasteiger partial charge in [0.2, 0.25) is 0 Å². The third-order valence-corrected chi connectivity index (χ3v) is 9.37. The maximum Gasteiger partial charge on any atom is 0.472 e. The van der Waals surface area contributed by atoms with Crippen LogP contribution in [-0.2, 0) is 56.4 Å². The third kappa shape index (κ3) is 22.1. The molecule has 2 unspecified atom stereocenters. The van der Waals surface area contributed by atoms with Crippen molar-refractivity contribution in [3.8, 4) is 0 Å². The van der Waals surface area contributed by atoms with Crippen molar-refractivity contribution in [2.45, 2.75) is 126 Å². The van der Waals surface area contributed by atoms with Crippen LogP contribution in [0.1, 0.15) is 65.2 Å². The van der Waals surface area contributed by atoms with Gasteiger partial charge >= 0.3 is 25.9 Å². The molecule has 24 nitrogen and oxygen atoms in total. The van der Waals surface area contributed by atoms with Crippen molar-refractivity contribution in [2.24, 2.45) is 0 Å². The smallest absolute Gasteiger partial charge is 0.462 e. The maximum atomic E-state index is 12.9. The van der Waals surface area contributed by atoms with E-state index in [4.69, 9.17) is 42.6 Å². The normalized spacial score (nSPS) is 22.9. The molecule has 1 saturated heterocycles. The fourth-order valence-electron chi connectivity index (χ4n) is 5.02. The minimum absolute atomic E-state index is 0.0996. The molecule has 25 heteroatoms. The standard InChI is InChI=1S/C34H63N2O22P/c1-3-5-7-9-24(40)53-19-21(56-25(41)10-8-6-4-2)20-55-59(49,50)54-14-12-36-34(48)52-16-15-51-13-11-35-32(47)31(29(45)26(42)22(39)17-37)58-33-30(46)28(44)27(43)23(18-38)57-33/h21-23,26-31,33,37-39,42-46H,3-20H2,1-2H3,(H,35,47)(H,36,48)(H,49,50)/t21?,22-,23-,26-,27-,28+,29+,30+,31+,33-/m1/s1. The molecular formula is C34H63N2O22P. The zero-order valence-electron chi connectivity index (χ0n) is 33.3. The lowest BCUT2D eigenvalue weighted by Crippen LogP contribution is -2.62. The molecular weight excluding hydrogens is 819 g/mol. The lowest BCUT2D eigenvalue weighted by molar-refractivity contribution is -0.316. The van der Waals surface area contributed by atoms with Gasteiger partial charge in [-0.1, -0.05) is 39.5 Å². The first kappa shape index (κ1) is 54.4. The Morgan fingerprint density at radius 1 is 0.746 bits per heavy atom. The quantitative estimate of drug-likeness (QED) is 0.0138. The molecule has 0 aromatic heterocycles. The molecule has 0 saturated carbocycles. The summed E-state index contributed by atoms with van der Waals surface area (Å²) in [6.07, 6.45) is -14.7. The molecule has 1 fully saturated rings. The highest BCUT2D eigenvalue weighted by Gasteiger charge is 2.47. The number of phosphoric ester groups is 1. The number of amides is 2. The summed E-state index contributed by atoms with van der Waals surface area (Å²) in [4.78, 5) is 59.2. The molecule has 1 aliphatic rings. The zero-order valence-corrected chi connectivity index (χ0v) is 34.2. The molecule has 11 atom stereocenters. The van der Waals surface area contributed by atoms with Gasteiger partial charge in [0.15, 0.2) is 18.5 Å². The summed E-state index contributed by atoms with van der Waals surface area (Å²) in [6, 6.07) is 0. The van der Waals surface area contributed by atoms with Crippen molar-refractivity contribution in [3.05, 3.63) is 0 Å². The largest absolute Gasteiger partial charge is 0.472 e. The van der Waals surface area contributed by atoms with E-state index < -0.39 is 126 Å².